The summed E-state index contributed by atoms with van der Waals surface area (Å²) in [6, 6.07) is 11.9. The SMILES string of the molecule is COc1ccc(NC(=O)CSc2nnc(Cc3cc(=O)[nH]c(=O)[nH]3)n2-c2ccc(F)cc2)c(OC)c1. The van der Waals surface area contributed by atoms with Crippen molar-refractivity contribution in [2.45, 2.75) is 11.6 Å². The molecule has 0 unspecified atom stereocenters. The number of hydrogen-bond acceptors (Lipinski definition) is 8. The van der Waals surface area contributed by atoms with E-state index in [2.05, 4.69) is 25.5 Å². The van der Waals surface area contributed by atoms with Gasteiger partial charge in [-0.2, -0.15) is 0 Å². The van der Waals surface area contributed by atoms with Gasteiger partial charge in [0.25, 0.3) is 5.56 Å². The smallest absolute Gasteiger partial charge is 0.325 e. The number of hydrogen-bond donors (Lipinski definition) is 3. The maximum Gasteiger partial charge on any atom is 0.325 e. The van der Waals surface area contributed by atoms with Gasteiger partial charge in [0, 0.05) is 29.9 Å². The topological polar surface area (TPSA) is 144 Å². The molecule has 0 bridgehead atoms. The van der Waals surface area contributed by atoms with Crippen LogP contribution in [0.4, 0.5) is 10.1 Å². The number of aromatic nitrogens is 5. The number of halogens is 1. The lowest BCUT2D eigenvalue weighted by Crippen LogP contribution is -2.23. The first-order valence-corrected chi connectivity index (χ1v) is 11.5. The van der Waals surface area contributed by atoms with E-state index < -0.39 is 17.1 Å². The van der Waals surface area contributed by atoms with Crippen LogP contribution in [0.25, 0.3) is 5.69 Å². The van der Waals surface area contributed by atoms with Crippen molar-refractivity contribution in [2.75, 3.05) is 25.3 Å². The molecule has 2 heterocycles. The Morgan fingerprint density at radius 2 is 1.83 bits per heavy atom. The molecule has 0 spiro atoms. The van der Waals surface area contributed by atoms with E-state index in [4.69, 9.17) is 9.47 Å². The summed E-state index contributed by atoms with van der Waals surface area (Å²) in [5.74, 6) is 0.641. The Morgan fingerprint density at radius 1 is 1.06 bits per heavy atom. The molecule has 0 aliphatic carbocycles. The van der Waals surface area contributed by atoms with Crippen LogP contribution in [0, 0.1) is 5.82 Å². The van der Waals surface area contributed by atoms with Gasteiger partial charge < -0.3 is 19.8 Å². The Morgan fingerprint density at radius 3 is 2.53 bits per heavy atom. The first kappa shape index (κ1) is 24.7. The van der Waals surface area contributed by atoms with E-state index in [-0.39, 0.29) is 18.1 Å². The monoisotopic (exact) mass is 512 g/mol. The van der Waals surface area contributed by atoms with Crippen LogP contribution in [0.3, 0.4) is 0 Å². The predicted molar refractivity (Wildman–Crippen MR) is 131 cm³/mol. The lowest BCUT2D eigenvalue weighted by molar-refractivity contribution is -0.113. The molecule has 2 aromatic heterocycles. The molecule has 186 valence electrons. The highest BCUT2D eigenvalue weighted by Crippen LogP contribution is 2.29. The minimum Gasteiger partial charge on any atom is -0.497 e. The zero-order valence-electron chi connectivity index (χ0n) is 19.2. The highest BCUT2D eigenvalue weighted by molar-refractivity contribution is 7.99. The normalized spacial score (nSPS) is 10.8. The van der Waals surface area contributed by atoms with Gasteiger partial charge in [0.15, 0.2) is 5.16 Å². The third-order valence-electron chi connectivity index (χ3n) is 4.97. The summed E-state index contributed by atoms with van der Waals surface area (Å²) < 4.78 is 25.6. The summed E-state index contributed by atoms with van der Waals surface area (Å²) in [7, 11) is 3.02. The Bertz CT molecular complexity index is 1470. The molecule has 2 aromatic carbocycles. The van der Waals surface area contributed by atoms with Crippen LogP contribution in [0.2, 0.25) is 0 Å². The molecule has 36 heavy (non-hydrogen) atoms. The van der Waals surface area contributed by atoms with E-state index in [0.717, 1.165) is 11.8 Å². The number of anilines is 1. The Hall–Kier alpha value is -4.39. The number of aromatic amines is 2. The van der Waals surface area contributed by atoms with Gasteiger partial charge in [-0.1, -0.05) is 11.8 Å². The molecule has 0 saturated heterocycles. The Kier molecular flexibility index (Phi) is 7.49. The van der Waals surface area contributed by atoms with Crippen molar-refractivity contribution in [3.63, 3.8) is 0 Å². The Balaban J connectivity index is 1.57. The number of amides is 1. The molecule has 0 aliphatic rings. The molecule has 13 heteroatoms. The van der Waals surface area contributed by atoms with Crippen molar-refractivity contribution in [3.8, 4) is 17.2 Å². The lowest BCUT2D eigenvalue weighted by atomic mass is 10.2. The van der Waals surface area contributed by atoms with Crippen LogP contribution in [0.1, 0.15) is 11.5 Å². The minimum absolute atomic E-state index is 0.0175. The quantitative estimate of drug-likeness (QED) is 0.289. The molecular weight excluding hydrogens is 491 g/mol. The fraction of sp³-hybridized carbons (Fsp3) is 0.174. The third kappa shape index (κ3) is 5.81. The van der Waals surface area contributed by atoms with E-state index >= 15 is 0 Å². The van der Waals surface area contributed by atoms with Crippen molar-refractivity contribution >= 4 is 23.4 Å². The molecule has 4 aromatic rings. The van der Waals surface area contributed by atoms with Gasteiger partial charge in [0.05, 0.1) is 25.7 Å². The van der Waals surface area contributed by atoms with Crippen LogP contribution in [0.15, 0.2) is 63.3 Å². The molecule has 0 aliphatic heterocycles. The summed E-state index contributed by atoms with van der Waals surface area (Å²) in [5.41, 5.74) is 0.138. The number of H-pyrrole nitrogens is 2. The van der Waals surface area contributed by atoms with E-state index in [1.165, 1.54) is 44.6 Å². The number of carbonyl (C=O) groups is 1. The number of methoxy groups -OCH3 is 2. The molecule has 0 atom stereocenters. The number of ether oxygens (including phenoxy) is 2. The van der Waals surface area contributed by atoms with Gasteiger partial charge in [-0.05, 0) is 36.4 Å². The predicted octanol–water partition coefficient (Wildman–Crippen LogP) is 2.12. The highest BCUT2D eigenvalue weighted by Gasteiger charge is 2.18. The molecule has 3 N–H and O–H groups in total. The van der Waals surface area contributed by atoms with Crippen LogP contribution < -0.4 is 26.0 Å². The van der Waals surface area contributed by atoms with Gasteiger partial charge in [-0.15, -0.1) is 10.2 Å². The number of thioether (sulfide) groups is 1. The number of nitrogens with zero attached hydrogens (tertiary/aromatic N) is 3. The van der Waals surface area contributed by atoms with Crippen molar-refractivity contribution in [2.24, 2.45) is 0 Å². The van der Waals surface area contributed by atoms with Gasteiger partial charge in [-0.25, -0.2) is 9.18 Å². The van der Waals surface area contributed by atoms with Crippen molar-refractivity contribution in [1.29, 1.82) is 0 Å². The molecule has 0 saturated carbocycles. The third-order valence-corrected chi connectivity index (χ3v) is 5.89. The Labute approximate surface area is 207 Å². The summed E-state index contributed by atoms with van der Waals surface area (Å²) in [6.45, 7) is 0. The van der Waals surface area contributed by atoms with E-state index in [1.807, 2.05) is 0 Å². The van der Waals surface area contributed by atoms with Crippen LogP contribution in [0.5, 0.6) is 11.5 Å². The zero-order chi connectivity index (χ0) is 25.7. The summed E-state index contributed by atoms with van der Waals surface area (Å²) in [4.78, 5) is 40.7. The fourth-order valence-electron chi connectivity index (χ4n) is 3.36. The van der Waals surface area contributed by atoms with Crippen LogP contribution in [-0.4, -0.2) is 50.6 Å². The molecular formula is C23H21FN6O5S. The second-order valence-corrected chi connectivity index (χ2v) is 8.35. The maximum atomic E-state index is 13.5. The number of benzene rings is 2. The largest absolute Gasteiger partial charge is 0.497 e. The summed E-state index contributed by atoms with van der Waals surface area (Å²) in [5, 5.41) is 11.5. The molecule has 0 fully saturated rings. The average Bonchev–Trinajstić information content (AvgIpc) is 3.25. The van der Waals surface area contributed by atoms with E-state index in [0.29, 0.717) is 39.5 Å². The molecule has 4 rings (SSSR count). The fourth-order valence-corrected chi connectivity index (χ4v) is 4.13. The van der Waals surface area contributed by atoms with Crippen LogP contribution in [-0.2, 0) is 11.2 Å². The van der Waals surface area contributed by atoms with Crippen molar-refractivity contribution in [1.82, 2.24) is 24.7 Å². The van der Waals surface area contributed by atoms with Crippen LogP contribution >= 0.6 is 11.8 Å². The van der Waals surface area contributed by atoms with Gasteiger partial charge in [0.1, 0.15) is 23.1 Å². The summed E-state index contributed by atoms with van der Waals surface area (Å²) >= 11 is 1.11. The average molecular weight is 513 g/mol. The first-order valence-electron chi connectivity index (χ1n) is 10.5. The van der Waals surface area contributed by atoms with E-state index in [9.17, 15) is 18.8 Å². The maximum absolute atomic E-state index is 13.5. The zero-order valence-corrected chi connectivity index (χ0v) is 20.0. The standard InChI is InChI=1S/C23H21FN6O5S/c1-34-16-7-8-17(18(11-16)35-2)26-21(32)12-36-23-29-28-19(9-14-10-20(31)27-22(33)25-14)30(23)15-5-3-13(24)4-6-15/h3-8,10-11H,9,12H2,1-2H3,(H,26,32)(H2,25,27,31,33). The lowest BCUT2D eigenvalue weighted by Gasteiger charge is -2.12. The molecule has 1 amide bonds. The number of rotatable bonds is 9. The minimum atomic E-state index is -0.648. The van der Waals surface area contributed by atoms with Crippen molar-refractivity contribution < 1.29 is 18.7 Å². The number of nitrogens with one attached hydrogen (secondary N) is 3. The second kappa shape index (κ2) is 10.9. The second-order valence-electron chi connectivity index (χ2n) is 7.40. The van der Waals surface area contributed by atoms with Crippen molar-refractivity contribution in [3.05, 3.63) is 86.7 Å². The van der Waals surface area contributed by atoms with Gasteiger partial charge >= 0.3 is 5.69 Å². The first-order chi connectivity index (χ1) is 17.4. The molecule has 0 radical (unpaired) electrons. The van der Waals surface area contributed by atoms with E-state index in [1.54, 1.807) is 22.8 Å². The van der Waals surface area contributed by atoms with Gasteiger partial charge in [0.2, 0.25) is 5.91 Å². The summed E-state index contributed by atoms with van der Waals surface area (Å²) in [6.07, 6.45) is 0.0688. The molecule has 11 nitrogen and oxygen atoms in total. The highest BCUT2D eigenvalue weighted by atomic mass is 32.2. The number of carbonyl (C=O) groups excluding carboxylic acids is 1. The van der Waals surface area contributed by atoms with Gasteiger partial charge in [-0.3, -0.25) is 19.1 Å².